The van der Waals surface area contributed by atoms with Crippen LogP contribution in [0.2, 0.25) is 0 Å². The highest BCUT2D eigenvalue weighted by molar-refractivity contribution is 8.00. The number of hydrogen-bond donors (Lipinski definition) is 2. The molecular weight excluding hydrogens is 238 g/mol. The van der Waals surface area contributed by atoms with Gasteiger partial charge in [-0.2, -0.15) is 23.5 Å². The van der Waals surface area contributed by atoms with Gasteiger partial charge in [0.05, 0.1) is 0 Å². The lowest BCUT2D eigenvalue weighted by molar-refractivity contribution is 0.663. The highest BCUT2D eigenvalue weighted by atomic mass is 32.2. The molecule has 0 atom stereocenters. The van der Waals surface area contributed by atoms with Crippen LogP contribution in [0.3, 0.4) is 0 Å². The fraction of sp³-hybridized carbons (Fsp3) is 0.909. The number of aliphatic imine (C=N–C) groups is 1. The zero-order valence-corrected chi connectivity index (χ0v) is 12.7. The van der Waals surface area contributed by atoms with Crippen LogP contribution in [0, 0.1) is 0 Å². The van der Waals surface area contributed by atoms with Gasteiger partial charge >= 0.3 is 0 Å². The van der Waals surface area contributed by atoms with Crippen LogP contribution >= 0.6 is 23.5 Å². The van der Waals surface area contributed by atoms with E-state index in [0.717, 1.165) is 19.0 Å². The average Bonchev–Trinajstić information content (AvgIpc) is 2.28. The Morgan fingerprint density at radius 1 is 1.25 bits per heavy atom. The van der Waals surface area contributed by atoms with E-state index in [0.29, 0.717) is 0 Å². The van der Waals surface area contributed by atoms with E-state index in [1.165, 1.54) is 12.2 Å². The van der Waals surface area contributed by atoms with Crippen LogP contribution in [-0.4, -0.2) is 49.1 Å². The first-order valence-corrected chi connectivity index (χ1v) is 8.16. The van der Waals surface area contributed by atoms with E-state index >= 15 is 0 Å². The molecule has 0 heterocycles. The maximum Gasteiger partial charge on any atom is 0.191 e. The molecule has 0 aliphatic rings. The summed E-state index contributed by atoms with van der Waals surface area (Å²) in [6.07, 6.45) is 5.44. The van der Waals surface area contributed by atoms with Crippen molar-refractivity contribution in [1.29, 1.82) is 0 Å². The van der Waals surface area contributed by atoms with Gasteiger partial charge in [-0.05, 0) is 38.5 Å². The normalized spacial score (nSPS) is 12.7. The molecule has 0 radical (unpaired) electrons. The summed E-state index contributed by atoms with van der Waals surface area (Å²) in [7, 11) is 1.82. The molecule has 0 aromatic heterocycles. The van der Waals surface area contributed by atoms with Gasteiger partial charge in [0, 0.05) is 24.9 Å². The predicted molar refractivity (Wildman–Crippen MR) is 80.0 cm³/mol. The third-order valence-electron chi connectivity index (χ3n) is 2.28. The van der Waals surface area contributed by atoms with Gasteiger partial charge in [-0.1, -0.05) is 0 Å². The van der Waals surface area contributed by atoms with E-state index < -0.39 is 0 Å². The molecule has 0 aromatic carbocycles. The Morgan fingerprint density at radius 2 is 1.94 bits per heavy atom. The van der Waals surface area contributed by atoms with Crippen molar-refractivity contribution >= 4 is 29.5 Å². The molecule has 5 heteroatoms. The summed E-state index contributed by atoms with van der Waals surface area (Å²) in [5, 5.41) is 6.67. The number of guanidine groups is 1. The smallest absolute Gasteiger partial charge is 0.191 e. The van der Waals surface area contributed by atoms with Crippen LogP contribution in [0.25, 0.3) is 0 Å². The highest BCUT2D eigenvalue weighted by Gasteiger charge is 2.15. The fourth-order valence-corrected chi connectivity index (χ4v) is 1.66. The Bertz CT molecular complexity index is 205. The number of hydrogen-bond acceptors (Lipinski definition) is 3. The standard InChI is InChI=1S/C11H25N3S2/c1-11(2,16-5)9-14-10(12-3)13-7-6-8-15-4/h6-9H2,1-5H3,(H2,12,13,14). The van der Waals surface area contributed by atoms with E-state index in [1.807, 2.05) is 30.6 Å². The van der Waals surface area contributed by atoms with Crippen LogP contribution in [0.15, 0.2) is 4.99 Å². The Kier molecular flexibility index (Phi) is 9.03. The summed E-state index contributed by atoms with van der Waals surface area (Å²) in [6, 6.07) is 0. The van der Waals surface area contributed by atoms with E-state index in [9.17, 15) is 0 Å². The quantitative estimate of drug-likeness (QED) is 0.419. The fourth-order valence-electron chi connectivity index (χ4n) is 1.01. The van der Waals surface area contributed by atoms with Gasteiger partial charge in [-0.15, -0.1) is 0 Å². The number of nitrogens with zero attached hydrogens (tertiary/aromatic N) is 1. The zero-order valence-electron chi connectivity index (χ0n) is 11.1. The van der Waals surface area contributed by atoms with Gasteiger partial charge < -0.3 is 10.6 Å². The summed E-state index contributed by atoms with van der Waals surface area (Å²) in [4.78, 5) is 4.20. The van der Waals surface area contributed by atoms with Gasteiger partial charge in [0.15, 0.2) is 5.96 Å². The summed E-state index contributed by atoms with van der Waals surface area (Å²) in [6.45, 7) is 6.37. The molecule has 0 unspecified atom stereocenters. The molecule has 0 spiro atoms. The van der Waals surface area contributed by atoms with Crippen molar-refractivity contribution in [2.24, 2.45) is 4.99 Å². The molecule has 96 valence electrons. The molecule has 0 rings (SSSR count). The minimum absolute atomic E-state index is 0.247. The third kappa shape index (κ3) is 8.16. The highest BCUT2D eigenvalue weighted by Crippen LogP contribution is 2.19. The average molecular weight is 263 g/mol. The van der Waals surface area contributed by atoms with Crippen LogP contribution in [0.5, 0.6) is 0 Å². The maximum atomic E-state index is 4.20. The van der Waals surface area contributed by atoms with Gasteiger partial charge in [0.1, 0.15) is 0 Å². The molecule has 3 nitrogen and oxygen atoms in total. The number of nitrogens with one attached hydrogen (secondary N) is 2. The first-order valence-electron chi connectivity index (χ1n) is 5.54. The van der Waals surface area contributed by atoms with Crippen molar-refractivity contribution in [1.82, 2.24) is 10.6 Å². The predicted octanol–water partition coefficient (Wildman–Crippen LogP) is 2.05. The van der Waals surface area contributed by atoms with Crippen LogP contribution in [0.1, 0.15) is 20.3 Å². The molecule has 0 aliphatic heterocycles. The van der Waals surface area contributed by atoms with Gasteiger partial charge in [0.2, 0.25) is 0 Å². The maximum absolute atomic E-state index is 4.20. The second-order valence-corrected chi connectivity index (χ2v) is 6.66. The molecule has 16 heavy (non-hydrogen) atoms. The Balaban J connectivity index is 3.77. The zero-order chi connectivity index (χ0) is 12.4. The van der Waals surface area contributed by atoms with Crippen molar-refractivity contribution in [3.05, 3.63) is 0 Å². The molecule has 0 fully saturated rings. The lowest BCUT2D eigenvalue weighted by atomic mass is 10.2. The van der Waals surface area contributed by atoms with Crippen molar-refractivity contribution in [3.8, 4) is 0 Å². The van der Waals surface area contributed by atoms with Crippen molar-refractivity contribution in [3.63, 3.8) is 0 Å². The monoisotopic (exact) mass is 263 g/mol. The topological polar surface area (TPSA) is 36.4 Å². The number of rotatable bonds is 7. The van der Waals surface area contributed by atoms with E-state index in [-0.39, 0.29) is 4.75 Å². The summed E-state index contributed by atoms with van der Waals surface area (Å²) < 4.78 is 0.247. The molecule has 0 aliphatic carbocycles. The van der Waals surface area contributed by atoms with Gasteiger partial charge in [0.25, 0.3) is 0 Å². The van der Waals surface area contributed by atoms with Crippen molar-refractivity contribution < 1.29 is 0 Å². The largest absolute Gasteiger partial charge is 0.356 e. The first kappa shape index (κ1) is 16.0. The summed E-state index contributed by atoms with van der Waals surface area (Å²) in [5.74, 6) is 2.10. The van der Waals surface area contributed by atoms with E-state index in [1.54, 1.807) is 0 Å². The van der Waals surface area contributed by atoms with Crippen molar-refractivity contribution in [2.75, 3.05) is 38.4 Å². The van der Waals surface area contributed by atoms with Crippen molar-refractivity contribution in [2.45, 2.75) is 25.0 Å². The Labute approximate surface area is 109 Å². The molecule has 0 saturated heterocycles. The molecule has 0 bridgehead atoms. The lowest BCUT2D eigenvalue weighted by Crippen LogP contribution is -2.43. The Morgan fingerprint density at radius 3 is 2.44 bits per heavy atom. The van der Waals surface area contributed by atoms with Gasteiger partial charge in [-0.3, -0.25) is 4.99 Å². The van der Waals surface area contributed by atoms with Crippen LogP contribution in [-0.2, 0) is 0 Å². The van der Waals surface area contributed by atoms with Crippen LogP contribution < -0.4 is 10.6 Å². The van der Waals surface area contributed by atoms with Gasteiger partial charge in [-0.25, -0.2) is 0 Å². The Hall–Kier alpha value is -0.0300. The van der Waals surface area contributed by atoms with E-state index in [2.05, 4.69) is 42.0 Å². The second-order valence-electron chi connectivity index (χ2n) is 4.16. The van der Waals surface area contributed by atoms with Crippen LogP contribution in [0.4, 0.5) is 0 Å². The molecular formula is C11H25N3S2. The minimum atomic E-state index is 0.247. The molecule has 0 aromatic rings. The summed E-state index contributed by atoms with van der Waals surface area (Å²) >= 11 is 3.74. The third-order valence-corrected chi connectivity index (χ3v) is 4.22. The molecule has 0 saturated carbocycles. The summed E-state index contributed by atoms with van der Waals surface area (Å²) in [5.41, 5.74) is 0. The second kappa shape index (κ2) is 9.05. The van der Waals surface area contributed by atoms with E-state index in [4.69, 9.17) is 0 Å². The number of thioether (sulfide) groups is 2. The lowest BCUT2D eigenvalue weighted by Gasteiger charge is -2.23. The minimum Gasteiger partial charge on any atom is -0.356 e. The first-order chi connectivity index (χ1) is 7.55. The SMILES string of the molecule is CN=C(NCCCSC)NCC(C)(C)SC. The molecule has 0 amide bonds. The molecule has 2 N–H and O–H groups in total.